The van der Waals surface area contributed by atoms with Gasteiger partial charge in [0.2, 0.25) is 0 Å². The predicted molar refractivity (Wildman–Crippen MR) is 139 cm³/mol. The molecule has 0 aliphatic carbocycles. The van der Waals surface area contributed by atoms with Crippen LogP contribution in [-0.4, -0.2) is 22.0 Å². The van der Waals surface area contributed by atoms with Crippen molar-refractivity contribution in [3.8, 4) is 0 Å². The minimum atomic E-state index is -0.00884. The zero-order valence-electron chi connectivity index (χ0n) is 20.6. The van der Waals surface area contributed by atoms with Gasteiger partial charge in [0.1, 0.15) is 5.82 Å². The molecule has 178 valence electrons. The fraction of sp³-hybridized carbons (Fsp3) is 0.517. The van der Waals surface area contributed by atoms with Gasteiger partial charge in [0.25, 0.3) is 5.91 Å². The van der Waals surface area contributed by atoms with E-state index in [2.05, 4.69) is 35.0 Å². The lowest BCUT2D eigenvalue weighted by Crippen LogP contribution is -2.27. The minimum Gasteiger partial charge on any atom is -0.352 e. The molecule has 0 radical (unpaired) electrons. The van der Waals surface area contributed by atoms with Crippen LogP contribution in [0.5, 0.6) is 0 Å². The van der Waals surface area contributed by atoms with Crippen LogP contribution in [-0.2, 0) is 13.0 Å². The van der Waals surface area contributed by atoms with Crippen LogP contribution < -0.4 is 5.32 Å². The van der Waals surface area contributed by atoms with Crippen molar-refractivity contribution in [2.24, 2.45) is 0 Å². The third kappa shape index (κ3) is 7.73. The molecule has 0 unspecified atom stereocenters. The largest absolute Gasteiger partial charge is 0.352 e. The number of nitrogens with one attached hydrogen (secondary N) is 1. The standard InChI is InChI=1S/C29H41N3O/c1-3-4-5-6-7-8-9-10-11-16-23-32-27-20-15-14-19-26(27)31-28(32)21-22-30-29(33)25-18-13-12-17-24(25)2/h12-15,17-20H,3-11,16,21-23H2,1-2H3,(H,30,33). The molecule has 0 saturated heterocycles. The van der Waals surface area contributed by atoms with E-state index < -0.39 is 0 Å². The Morgan fingerprint density at radius 3 is 2.21 bits per heavy atom. The van der Waals surface area contributed by atoms with Crippen molar-refractivity contribution in [3.63, 3.8) is 0 Å². The maximum absolute atomic E-state index is 12.5. The molecule has 1 aromatic heterocycles. The average Bonchev–Trinajstić information content (AvgIpc) is 3.18. The number of carbonyl (C=O) groups excluding carboxylic acids is 1. The van der Waals surface area contributed by atoms with Crippen molar-refractivity contribution >= 4 is 16.9 Å². The number of carbonyl (C=O) groups is 1. The summed E-state index contributed by atoms with van der Waals surface area (Å²) in [5, 5.41) is 3.08. The van der Waals surface area contributed by atoms with Gasteiger partial charge in [0.05, 0.1) is 11.0 Å². The molecule has 0 bridgehead atoms. The highest BCUT2D eigenvalue weighted by Crippen LogP contribution is 2.18. The normalized spacial score (nSPS) is 11.2. The molecule has 0 atom stereocenters. The number of para-hydroxylation sites is 2. The van der Waals surface area contributed by atoms with Crippen LogP contribution in [0, 0.1) is 6.92 Å². The van der Waals surface area contributed by atoms with Gasteiger partial charge in [0, 0.05) is 25.1 Å². The molecule has 1 N–H and O–H groups in total. The number of aryl methyl sites for hydroxylation is 2. The first kappa shape index (κ1) is 25.0. The smallest absolute Gasteiger partial charge is 0.251 e. The summed E-state index contributed by atoms with van der Waals surface area (Å²) in [6, 6.07) is 16.1. The number of imidazole rings is 1. The second kappa shape index (κ2) is 13.8. The lowest BCUT2D eigenvalue weighted by Gasteiger charge is -2.11. The monoisotopic (exact) mass is 447 g/mol. The molecule has 0 aliphatic heterocycles. The Hall–Kier alpha value is -2.62. The maximum Gasteiger partial charge on any atom is 0.251 e. The zero-order valence-corrected chi connectivity index (χ0v) is 20.6. The Morgan fingerprint density at radius 2 is 1.48 bits per heavy atom. The topological polar surface area (TPSA) is 46.9 Å². The molecule has 0 fully saturated rings. The number of unbranched alkanes of at least 4 members (excludes halogenated alkanes) is 9. The Balaban J connectivity index is 1.47. The van der Waals surface area contributed by atoms with Crippen LogP contribution in [0.15, 0.2) is 48.5 Å². The van der Waals surface area contributed by atoms with E-state index in [0.29, 0.717) is 6.54 Å². The maximum atomic E-state index is 12.5. The first-order valence-corrected chi connectivity index (χ1v) is 13.0. The lowest BCUT2D eigenvalue weighted by molar-refractivity contribution is 0.0953. The number of benzene rings is 2. The lowest BCUT2D eigenvalue weighted by atomic mass is 10.1. The number of aromatic nitrogens is 2. The Morgan fingerprint density at radius 1 is 0.848 bits per heavy atom. The van der Waals surface area contributed by atoms with Gasteiger partial charge in [0.15, 0.2) is 0 Å². The van der Waals surface area contributed by atoms with E-state index in [1.165, 1.54) is 69.7 Å². The quantitative estimate of drug-likeness (QED) is 0.250. The molecular formula is C29H41N3O. The summed E-state index contributed by atoms with van der Waals surface area (Å²) < 4.78 is 2.36. The van der Waals surface area contributed by atoms with Crippen LogP contribution >= 0.6 is 0 Å². The minimum absolute atomic E-state index is 0.00884. The predicted octanol–water partition coefficient (Wildman–Crippen LogP) is 7.24. The number of amides is 1. The number of hydrogen-bond donors (Lipinski definition) is 1. The molecule has 3 aromatic rings. The van der Waals surface area contributed by atoms with Crippen molar-refractivity contribution in [3.05, 3.63) is 65.5 Å². The van der Waals surface area contributed by atoms with Crippen molar-refractivity contribution in [1.29, 1.82) is 0 Å². The molecule has 0 saturated carbocycles. The van der Waals surface area contributed by atoms with Gasteiger partial charge in [-0.05, 0) is 37.1 Å². The van der Waals surface area contributed by atoms with Crippen LogP contribution in [0.2, 0.25) is 0 Å². The summed E-state index contributed by atoms with van der Waals surface area (Å²) >= 11 is 0. The second-order valence-electron chi connectivity index (χ2n) is 9.17. The molecule has 0 aliphatic rings. The molecule has 33 heavy (non-hydrogen) atoms. The fourth-order valence-corrected chi connectivity index (χ4v) is 4.53. The third-order valence-electron chi connectivity index (χ3n) is 6.49. The van der Waals surface area contributed by atoms with Gasteiger partial charge in [-0.3, -0.25) is 4.79 Å². The highest BCUT2D eigenvalue weighted by Gasteiger charge is 2.12. The molecule has 1 heterocycles. The van der Waals surface area contributed by atoms with E-state index in [4.69, 9.17) is 4.98 Å². The van der Waals surface area contributed by atoms with E-state index in [9.17, 15) is 4.79 Å². The van der Waals surface area contributed by atoms with Crippen molar-refractivity contribution in [2.75, 3.05) is 6.54 Å². The summed E-state index contributed by atoms with van der Waals surface area (Å²) in [7, 11) is 0. The SMILES string of the molecule is CCCCCCCCCCCCn1c(CCNC(=O)c2ccccc2C)nc2ccccc21. The first-order chi connectivity index (χ1) is 16.2. The van der Waals surface area contributed by atoms with Crippen molar-refractivity contribution in [2.45, 2.75) is 91.0 Å². The molecule has 2 aromatic carbocycles. The molecule has 0 spiro atoms. The number of fused-ring (bicyclic) bond motifs is 1. The molecule has 1 amide bonds. The van der Waals surface area contributed by atoms with E-state index >= 15 is 0 Å². The van der Waals surface area contributed by atoms with Gasteiger partial charge in [-0.15, -0.1) is 0 Å². The van der Waals surface area contributed by atoms with Crippen molar-refractivity contribution < 1.29 is 4.79 Å². The van der Waals surface area contributed by atoms with E-state index in [1.807, 2.05) is 37.3 Å². The second-order valence-corrected chi connectivity index (χ2v) is 9.17. The summed E-state index contributed by atoms with van der Waals surface area (Å²) in [5.74, 6) is 1.06. The molecule has 4 heteroatoms. The summed E-state index contributed by atoms with van der Waals surface area (Å²) in [5.41, 5.74) is 4.00. The molecule has 3 rings (SSSR count). The van der Waals surface area contributed by atoms with Crippen molar-refractivity contribution in [1.82, 2.24) is 14.9 Å². The van der Waals surface area contributed by atoms with Gasteiger partial charge in [-0.2, -0.15) is 0 Å². The Labute approximate surface area is 199 Å². The third-order valence-corrected chi connectivity index (χ3v) is 6.49. The number of rotatable bonds is 15. The van der Waals surface area contributed by atoms with E-state index in [-0.39, 0.29) is 5.91 Å². The Kier molecular flexibility index (Phi) is 10.5. The van der Waals surface area contributed by atoms with Gasteiger partial charge >= 0.3 is 0 Å². The molecular weight excluding hydrogens is 406 g/mol. The molecule has 4 nitrogen and oxygen atoms in total. The zero-order chi connectivity index (χ0) is 23.3. The first-order valence-electron chi connectivity index (χ1n) is 13.0. The van der Waals surface area contributed by atoms with Gasteiger partial charge in [-0.25, -0.2) is 4.98 Å². The van der Waals surface area contributed by atoms with Gasteiger partial charge < -0.3 is 9.88 Å². The Bertz CT molecular complexity index is 991. The summed E-state index contributed by atoms with van der Waals surface area (Å²) in [4.78, 5) is 17.4. The average molecular weight is 448 g/mol. The van der Waals surface area contributed by atoms with E-state index in [0.717, 1.165) is 35.4 Å². The number of hydrogen-bond acceptors (Lipinski definition) is 2. The number of nitrogens with zero attached hydrogens (tertiary/aromatic N) is 2. The van der Waals surface area contributed by atoms with Crippen LogP contribution in [0.25, 0.3) is 11.0 Å². The summed E-state index contributed by atoms with van der Waals surface area (Å²) in [6.07, 6.45) is 14.1. The van der Waals surface area contributed by atoms with Crippen LogP contribution in [0.3, 0.4) is 0 Å². The van der Waals surface area contributed by atoms with Crippen LogP contribution in [0.1, 0.15) is 92.9 Å². The van der Waals surface area contributed by atoms with Crippen LogP contribution in [0.4, 0.5) is 0 Å². The summed E-state index contributed by atoms with van der Waals surface area (Å²) in [6.45, 7) is 5.84. The van der Waals surface area contributed by atoms with E-state index in [1.54, 1.807) is 0 Å². The fourth-order valence-electron chi connectivity index (χ4n) is 4.53. The van der Waals surface area contributed by atoms with Gasteiger partial charge in [-0.1, -0.05) is 95.0 Å². The highest BCUT2D eigenvalue weighted by molar-refractivity contribution is 5.95. The highest BCUT2D eigenvalue weighted by atomic mass is 16.1.